The number of rotatable bonds is 4. The summed E-state index contributed by atoms with van der Waals surface area (Å²) in [5.74, 6) is 0.0802. The van der Waals surface area contributed by atoms with Crippen LogP contribution in [0.25, 0.3) is 0 Å². The van der Waals surface area contributed by atoms with Crippen molar-refractivity contribution in [3.8, 4) is 5.75 Å². The molecule has 1 aromatic carbocycles. The van der Waals surface area contributed by atoms with Gasteiger partial charge in [-0.2, -0.15) is 0 Å². The molecule has 1 unspecified atom stereocenters. The van der Waals surface area contributed by atoms with Gasteiger partial charge >= 0.3 is 0 Å². The van der Waals surface area contributed by atoms with Crippen LogP contribution in [0.5, 0.6) is 5.75 Å². The Kier molecular flexibility index (Phi) is 4.12. The predicted octanol–water partition coefficient (Wildman–Crippen LogP) is 3.16. The van der Waals surface area contributed by atoms with E-state index in [2.05, 4.69) is 4.98 Å². The van der Waals surface area contributed by atoms with Crippen LogP contribution in [-0.2, 0) is 6.61 Å². The van der Waals surface area contributed by atoms with Gasteiger partial charge < -0.3 is 9.84 Å². The van der Waals surface area contributed by atoms with Crippen molar-refractivity contribution in [2.24, 2.45) is 0 Å². The van der Waals surface area contributed by atoms with E-state index >= 15 is 0 Å². The number of hydrogen-bond acceptors (Lipinski definition) is 3. The molecular formula is C15H16FNO2. The van der Waals surface area contributed by atoms with Crippen molar-refractivity contribution >= 4 is 0 Å². The van der Waals surface area contributed by atoms with Gasteiger partial charge in [0, 0.05) is 11.3 Å². The normalized spacial score (nSPS) is 12.2. The van der Waals surface area contributed by atoms with E-state index in [0.717, 1.165) is 11.4 Å². The van der Waals surface area contributed by atoms with Crippen molar-refractivity contribution in [2.75, 3.05) is 0 Å². The van der Waals surface area contributed by atoms with E-state index in [1.54, 1.807) is 6.92 Å². The van der Waals surface area contributed by atoms with Crippen LogP contribution in [0.4, 0.5) is 4.39 Å². The molecule has 0 aliphatic rings. The van der Waals surface area contributed by atoms with E-state index < -0.39 is 11.9 Å². The molecule has 0 spiro atoms. The van der Waals surface area contributed by atoms with E-state index in [0.29, 0.717) is 11.3 Å². The van der Waals surface area contributed by atoms with Gasteiger partial charge in [0.15, 0.2) is 0 Å². The highest BCUT2D eigenvalue weighted by Gasteiger charge is 2.11. The molecule has 0 saturated heterocycles. The molecule has 0 aliphatic heterocycles. The summed E-state index contributed by atoms with van der Waals surface area (Å²) in [6.45, 7) is 3.77. The lowest BCUT2D eigenvalue weighted by Crippen LogP contribution is -2.03. The number of aryl methyl sites for hydroxylation is 1. The fraction of sp³-hybridized carbons (Fsp3) is 0.267. The van der Waals surface area contributed by atoms with Crippen molar-refractivity contribution in [1.29, 1.82) is 0 Å². The van der Waals surface area contributed by atoms with Crippen LogP contribution < -0.4 is 4.74 Å². The number of halogens is 1. The van der Waals surface area contributed by atoms with Crippen LogP contribution in [0.3, 0.4) is 0 Å². The largest absolute Gasteiger partial charge is 0.487 e. The second kappa shape index (κ2) is 5.80. The molecule has 0 radical (unpaired) electrons. The number of ether oxygens (including phenoxy) is 1. The summed E-state index contributed by atoms with van der Waals surface area (Å²) in [5.41, 5.74) is 2.14. The number of aromatic nitrogens is 1. The van der Waals surface area contributed by atoms with Crippen LogP contribution in [-0.4, -0.2) is 10.1 Å². The fourth-order valence-corrected chi connectivity index (χ4v) is 1.81. The Morgan fingerprint density at radius 2 is 2.11 bits per heavy atom. The third-order valence-electron chi connectivity index (χ3n) is 2.74. The zero-order valence-electron chi connectivity index (χ0n) is 10.9. The topological polar surface area (TPSA) is 42.4 Å². The Morgan fingerprint density at radius 1 is 1.32 bits per heavy atom. The smallest absolute Gasteiger partial charge is 0.130 e. The summed E-state index contributed by atoms with van der Waals surface area (Å²) >= 11 is 0. The third kappa shape index (κ3) is 3.51. The second-order valence-corrected chi connectivity index (χ2v) is 4.42. The summed E-state index contributed by atoms with van der Waals surface area (Å²) in [7, 11) is 0. The Hall–Kier alpha value is -1.94. The standard InChI is InChI=1S/C15H16FNO2/c1-10-4-3-5-13(17-10)9-19-15-7-6-12(16)8-14(15)11(2)18/h3-8,11,18H,9H2,1-2H3. The quantitative estimate of drug-likeness (QED) is 0.919. The number of aliphatic hydroxyl groups is 1. The molecule has 1 aromatic heterocycles. The average Bonchev–Trinajstić information content (AvgIpc) is 2.37. The van der Waals surface area contributed by atoms with E-state index in [9.17, 15) is 9.50 Å². The minimum Gasteiger partial charge on any atom is -0.487 e. The highest BCUT2D eigenvalue weighted by atomic mass is 19.1. The lowest BCUT2D eigenvalue weighted by Gasteiger charge is -2.13. The van der Waals surface area contributed by atoms with Crippen molar-refractivity contribution in [2.45, 2.75) is 26.6 Å². The maximum atomic E-state index is 13.1. The van der Waals surface area contributed by atoms with Gasteiger partial charge in [-0.3, -0.25) is 4.98 Å². The zero-order valence-corrected chi connectivity index (χ0v) is 10.9. The fourth-order valence-electron chi connectivity index (χ4n) is 1.81. The Morgan fingerprint density at radius 3 is 2.79 bits per heavy atom. The minimum absolute atomic E-state index is 0.285. The van der Waals surface area contributed by atoms with Gasteiger partial charge in [0.2, 0.25) is 0 Å². The Balaban J connectivity index is 2.15. The minimum atomic E-state index is -0.781. The predicted molar refractivity (Wildman–Crippen MR) is 70.3 cm³/mol. The average molecular weight is 261 g/mol. The molecule has 0 aliphatic carbocycles. The van der Waals surface area contributed by atoms with Crippen molar-refractivity contribution in [3.63, 3.8) is 0 Å². The molecule has 2 rings (SSSR count). The molecule has 4 heteroatoms. The lowest BCUT2D eigenvalue weighted by atomic mass is 10.1. The highest BCUT2D eigenvalue weighted by Crippen LogP contribution is 2.26. The Bertz CT molecular complexity index is 570. The van der Waals surface area contributed by atoms with Gasteiger partial charge in [0.25, 0.3) is 0 Å². The van der Waals surface area contributed by atoms with Crippen molar-refractivity contribution in [3.05, 3.63) is 59.2 Å². The van der Waals surface area contributed by atoms with Crippen LogP contribution >= 0.6 is 0 Å². The summed E-state index contributed by atoms with van der Waals surface area (Å²) in [6.07, 6.45) is -0.781. The van der Waals surface area contributed by atoms with Crippen LogP contribution in [0.2, 0.25) is 0 Å². The van der Waals surface area contributed by atoms with Gasteiger partial charge in [0.05, 0.1) is 11.8 Å². The summed E-state index contributed by atoms with van der Waals surface area (Å²) < 4.78 is 18.7. The first kappa shape index (κ1) is 13.5. The third-order valence-corrected chi connectivity index (χ3v) is 2.74. The van der Waals surface area contributed by atoms with Crippen molar-refractivity contribution in [1.82, 2.24) is 4.98 Å². The molecule has 3 nitrogen and oxygen atoms in total. The van der Waals surface area contributed by atoms with Gasteiger partial charge in [-0.15, -0.1) is 0 Å². The first-order chi connectivity index (χ1) is 9.06. The molecule has 0 bridgehead atoms. The second-order valence-electron chi connectivity index (χ2n) is 4.42. The van der Waals surface area contributed by atoms with Crippen LogP contribution in [0, 0.1) is 12.7 Å². The van der Waals surface area contributed by atoms with E-state index in [1.807, 2.05) is 25.1 Å². The van der Waals surface area contributed by atoms with Gasteiger partial charge in [0.1, 0.15) is 18.2 Å². The summed E-state index contributed by atoms with van der Waals surface area (Å²) in [5, 5.41) is 9.61. The first-order valence-electron chi connectivity index (χ1n) is 6.09. The molecule has 1 N–H and O–H groups in total. The molecule has 19 heavy (non-hydrogen) atoms. The van der Waals surface area contributed by atoms with Crippen LogP contribution in [0.1, 0.15) is 30.0 Å². The molecular weight excluding hydrogens is 245 g/mol. The monoisotopic (exact) mass is 261 g/mol. The number of benzene rings is 1. The summed E-state index contributed by atoms with van der Waals surface area (Å²) in [4.78, 5) is 4.32. The number of pyridine rings is 1. The highest BCUT2D eigenvalue weighted by molar-refractivity contribution is 5.35. The molecule has 100 valence electrons. The molecule has 0 fully saturated rings. The van der Waals surface area contributed by atoms with E-state index in [-0.39, 0.29) is 6.61 Å². The van der Waals surface area contributed by atoms with Crippen LogP contribution in [0.15, 0.2) is 36.4 Å². The maximum Gasteiger partial charge on any atom is 0.130 e. The molecule has 1 heterocycles. The summed E-state index contributed by atoms with van der Waals surface area (Å²) in [6, 6.07) is 9.78. The maximum absolute atomic E-state index is 13.1. The van der Waals surface area contributed by atoms with Gasteiger partial charge in [-0.05, 0) is 44.2 Å². The first-order valence-corrected chi connectivity index (χ1v) is 6.09. The van der Waals surface area contributed by atoms with Gasteiger partial charge in [-0.25, -0.2) is 4.39 Å². The molecule has 1 atom stereocenters. The number of nitrogens with zero attached hydrogens (tertiary/aromatic N) is 1. The number of hydrogen-bond donors (Lipinski definition) is 1. The number of aliphatic hydroxyl groups excluding tert-OH is 1. The van der Waals surface area contributed by atoms with Gasteiger partial charge in [-0.1, -0.05) is 6.07 Å². The Labute approximate surface area is 111 Å². The molecule has 2 aromatic rings. The molecule has 0 amide bonds. The zero-order chi connectivity index (χ0) is 13.8. The van der Waals surface area contributed by atoms with E-state index in [4.69, 9.17) is 4.74 Å². The SMILES string of the molecule is Cc1cccc(COc2ccc(F)cc2C(C)O)n1. The molecule has 0 saturated carbocycles. The van der Waals surface area contributed by atoms with E-state index in [1.165, 1.54) is 18.2 Å². The van der Waals surface area contributed by atoms with Crippen molar-refractivity contribution < 1.29 is 14.2 Å². The lowest BCUT2D eigenvalue weighted by molar-refractivity contribution is 0.189.